The van der Waals surface area contributed by atoms with Gasteiger partial charge in [0.2, 0.25) is 0 Å². The summed E-state index contributed by atoms with van der Waals surface area (Å²) in [5.41, 5.74) is 12.3. The Morgan fingerprint density at radius 1 is 1.22 bits per heavy atom. The van der Waals surface area contributed by atoms with E-state index in [1.807, 2.05) is 13.8 Å². The number of hydrogen-bond acceptors (Lipinski definition) is 3. The zero-order chi connectivity index (χ0) is 7.44. The SMILES string of the molecule is C/N=C(/C)C(C)=C(N)N. The van der Waals surface area contributed by atoms with E-state index in [9.17, 15) is 0 Å². The molecule has 0 heterocycles. The monoisotopic (exact) mass is 127 g/mol. The molecule has 0 aromatic heterocycles. The normalized spacial score (nSPS) is 11.2. The van der Waals surface area contributed by atoms with E-state index in [0.717, 1.165) is 11.3 Å². The summed E-state index contributed by atoms with van der Waals surface area (Å²) in [5.74, 6) is 0.345. The lowest BCUT2D eigenvalue weighted by Gasteiger charge is -1.99. The van der Waals surface area contributed by atoms with Gasteiger partial charge >= 0.3 is 0 Å². The second kappa shape index (κ2) is 3.12. The molecule has 0 amide bonds. The van der Waals surface area contributed by atoms with Crippen molar-refractivity contribution in [2.75, 3.05) is 7.05 Å². The molecule has 0 rings (SSSR count). The van der Waals surface area contributed by atoms with E-state index < -0.39 is 0 Å². The van der Waals surface area contributed by atoms with Gasteiger partial charge in [-0.3, -0.25) is 4.99 Å². The van der Waals surface area contributed by atoms with E-state index in [-0.39, 0.29) is 0 Å². The van der Waals surface area contributed by atoms with Crippen LogP contribution < -0.4 is 11.5 Å². The number of nitrogens with zero attached hydrogens (tertiary/aromatic N) is 1. The van der Waals surface area contributed by atoms with Crippen molar-refractivity contribution in [1.82, 2.24) is 0 Å². The fourth-order valence-electron chi connectivity index (χ4n) is 0.377. The fourth-order valence-corrected chi connectivity index (χ4v) is 0.377. The van der Waals surface area contributed by atoms with Gasteiger partial charge in [0, 0.05) is 18.3 Å². The molecule has 0 atom stereocenters. The number of allylic oxidation sites excluding steroid dienone is 1. The molecule has 0 spiro atoms. The van der Waals surface area contributed by atoms with Gasteiger partial charge in [0.05, 0.1) is 5.82 Å². The van der Waals surface area contributed by atoms with Crippen LogP contribution in [0.15, 0.2) is 16.4 Å². The molecule has 0 aliphatic heterocycles. The standard InChI is InChI=1S/C6H13N3/c1-4(6(7)8)5(2)9-3/h7-8H2,1-3H3/b9-5-. The molecule has 0 aromatic rings. The average molecular weight is 127 g/mol. The van der Waals surface area contributed by atoms with Crippen LogP contribution in [0, 0.1) is 0 Å². The lowest BCUT2D eigenvalue weighted by molar-refractivity contribution is 1.19. The Hall–Kier alpha value is -0.990. The Morgan fingerprint density at radius 2 is 1.67 bits per heavy atom. The average Bonchev–Trinajstić information content (AvgIpc) is 1.84. The molecule has 9 heavy (non-hydrogen) atoms. The van der Waals surface area contributed by atoms with Crippen LogP contribution in [0.5, 0.6) is 0 Å². The first-order chi connectivity index (χ1) is 4.09. The molecule has 0 aliphatic carbocycles. The van der Waals surface area contributed by atoms with E-state index in [1.165, 1.54) is 0 Å². The Bertz CT molecular complexity index is 152. The van der Waals surface area contributed by atoms with Crippen LogP contribution in [0.25, 0.3) is 0 Å². The maximum absolute atomic E-state index is 5.29. The molecule has 3 nitrogen and oxygen atoms in total. The predicted molar refractivity (Wildman–Crippen MR) is 40.1 cm³/mol. The molecular weight excluding hydrogens is 114 g/mol. The van der Waals surface area contributed by atoms with E-state index in [4.69, 9.17) is 11.5 Å². The minimum absolute atomic E-state index is 0.345. The van der Waals surface area contributed by atoms with Gasteiger partial charge in [-0.05, 0) is 13.8 Å². The third-order valence-electron chi connectivity index (χ3n) is 1.31. The summed E-state index contributed by atoms with van der Waals surface area (Å²) >= 11 is 0. The Kier molecular flexibility index (Phi) is 2.78. The maximum Gasteiger partial charge on any atom is 0.0981 e. The summed E-state index contributed by atoms with van der Waals surface area (Å²) in [7, 11) is 1.71. The fraction of sp³-hybridized carbons (Fsp3) is 0.500. The molecule has 0 radical (unpaired) electrons. The molecule has 0 aliphatic rings. The van der Waals surface area contributed by atoms with Gasteiger partial charge in [-0.2, -0.15) is 0 Å². The van der Waals surface area contributed by atoms with Gasteiger partial charge < -0.3 is 11.5 Å². The van der Waals surface area contributed by atoms with Crippen molar-refractivity contribution in [2.24, 2.45) is 16.5 Å². The van der Waals surface area contributed by atoms with Gasteiger partial charge in [0.1, 0.15) is 0 Å². The topological polar surface area (TPSA) is 64.4 Å². The van der Waals surface area contributed by atoms with Crippen LogP contribution >= 0.6 is 0 Å². The van der Waals surface area contributed by atoms with Gasteiger partial charge in [0.15, 0.2) is 0 Å². The van der Waals surface area contributed by atoms with Crippen LogP contribution in [0.1, 0.15) is 13.8 Å². The summed E-state index contributed by atoms with van der Waals surface area (Å²) in [6.07, 6.45) is 0. The van der Waals surface area contributed by atoms with Crippen molar-refractivity contribution in [2.45, 2.75) is 13.8 Å². The van der Waals surface area contributed by atoms with E-state index in [0.29, 0.717) is 5.82 Å². The molecule has 0 unspecified atom stereocenters. The lowest BCUT2D eigenvalue weighted by atomic mass is 10.2. The van der Waals surface area contributed by atoms with Crippen molar-refractivity contribution >= 4 is 5.71 Å². The summed E-state index contributed by atoms with van der Waals surface area (Å²) in [4.78, 5) is 3.91. The number of hydrogen-bond donors (Lipinski definition) is 2. The van der Waals surface area contributed by atoms with Crippen molar-refractivity contribution in [3.8, 4) is 0 Å². The molecule has 4 N–H and O–H groups in total. The quantitative estimate of drug-likeness (QED) is 0.495. The third kappa shape index (κ3) is 2.17. The van der Waals surface area contributed by atoms with E-state index in [1.54, 1.807) is 7.05 Å². The lowest BCUT2D eigenvalue weighted by Crippen LogP contribution is -2.14. The molecular formula is C6H13N3. The van der Waals surface area contributed by atoms with Gasteiger partial charge in [-0.1, -0.05) is 0 Å². The summed E-state index contributed by atoms with van der Waals surface area (Å²) in [5, 5.41) is 0. The van der Waals surface area contributed by atoms with Crippen LogP contribution in [0.3, 0.4) is 0 Å². The van der Waals surface area contributed by atoms with E-state index >= 15 is 0 Å². The van der Waals surface area contributed by atoms with Crippen molar-refractivity contribution < 1.29 is 0 Å². The van der Waals surface area contributed by atoms with Gasteiger partial charge in [0.25, 0.3) is 0 Å². The highest BCUT2D eigenvalue weighted by molar-refractivity contribution is 5.97. The van der Waals surface area contributed by atoms with Gasteiger partial charge in [-0.15, -0.1) is 0 Å². The minimum atomic E-state index is 0.345. The van der Waals surface area contributed by atoms with Gasteiger partial charge in [-0.25, -0.2) is 0 Å². The first-order valence-corrected chi connectivity index (χ1v) is 2.75. The highest BCUT2D eigenvalue weighted by Gasteiger charge is 1.94. The number of aliphatic imine (C=N–C) groups is 1. The molecule has 0 fully saturated rings. The predicted octanol–water partition coefficient (Wildman–Crippen LogP) is 0.226. The second-order valence-corrected chi connectivity index (χ2v) is 1.89. The van der Waals surface area contributed by atoms with Crippen LogP contribution in [-0.4, -0.2) is 12.8 Å². The number of nitrogens with two attached hydrogens (primary N) is 2. The highest BCUT2D eigenvalue weighted by Crippen LogP contribution is 1.95. The third-order valence-corrected chi connectivity index (χ3v) is 1.31. The largest absolute Gasteiger partial charge is 0.385 e. The number of rotatable bonds is 1. The molecule has 0 saturated carbocycles. The van der Waals surface area contributed by atoms with Crippen molar-refractivity contribution in [3.63, 3.8) is 0 Å². The first kappa shape index (κ1) is 8.01. The highest BCUT2D eigenvalue weighted by atomic mass is 14.8. The summed E-state index contributed by atoms with van der Waals surface area (Å²) in [6, 6.07) is 0. The van der Waals surface area contributed by atoms with Crippen molar-refractivity contribution in [1.29, 1.82) is 0 Å². The smallest absolute Gasteiger partial charge is 0.0981 e. The minimum Gasteiger partial charge on any atom is -0.385 e. The van der Waals surface area contributed by atoms with Crippen molar-refractivity contribution in [3.05, 3.63) is 11.4 Å². The maximum atomic E-state index is 5.29. The molecule has 0 aromatic carbocycles. The van der Waals surface area contributed by atoms with Crippen LogP contribution in [-0.2, 0) is 0 Å². The zero-order valence-corrected chi connectivity index (χ0v) is 6.10. The molecule has 0 saturated heterocycles. The second-order valence-electron chi connectivity index (χ2n) is 1.89. The first-order valence-electron chi connectivity index (χ1n) is 2.75. The summed E-state index contributed by atoms with van der Waals surface area (Å²) in [6.45, 7) is 3.72. The Balaban J connectivity index is 4.40. The van der Waals surface area contributed by atoms with Crippen LogP contribution in [0.4, 0.5) is 0 Å². The molecule has 3 heteroatoms. The van der Waals surface area contributed by atoms with Crippen LogP contribution in [0.2, 0.25) is 0 Å². The summed E-state index contributed by atoms with van der Waals surface area (Å²) < 4.78 is 0. The molecule has 52 valence electrons. The Morgan fingerprint density at radius 3 is 1.78 bits per heavy atom. The Labute approximate surface area is 55.4 Å². The molecule has 0 bridgehead atoms. The zero-order valence-electron chi connectivity index (χ0n) is 6.10. The van der Waals surface area contributed by atoms with E-state index in [2.05, 4.69) is 4.99 Å².